The van der Waals surface area contributed by atoms with Crippen LogP contribution in [0, 0.1) is 6.92 Å². The van der Waals surface area contributed by atoms with E-state index in [0.717, 1.165) is 29.1 Å². The zero-order chi connectivity index (χ0) is 15.4. The number of fused-ring (bicyclic) bond motifs is 1. The number of hydrogen-bond donors (Lipinski definition) is 0. The van der Waals surface area contributed by atoms with E-state index in [1.807, 2.05) is 26.0 Å². The second-order valence-electron chi connectivity index (χ2n) is 5.95. The van der Waals surface area contributed by atoms with Crippen LogP contribution in [0.4, 0.5) is 0 Å². The van der Waals surface area contributed by atoms with Crippen molar-refractivity contribution in [3.05, 3.63) is 23.7 Å². The lowest BCUT2D eigenvalue weighted by Gasteiger charge is -2.18. The zero-order valence-electron chi connectivity index (χ0n) is 13.6. The fraction of sp³-hybridized carbons (Fsp3) is 0.647. The van der Waals surface area contributed by atoms with Crippen molar-refractivity contribution in [1.82, 2.24) is 14.5 Å². The number of aromatic nitrogens is 3. The van der Waals surface area contributed by atoms with Crippen molar-refractivity contribution in [1.29, 1.82) is 0 Å². The molecule has 0 aliphatic rings. The van der Waals surface area contributed by atoms with Crippen molar-refractivity contribution in [3.63, 3.8) is 0 Å². The first-order valence-electron chi connectivity index (χ1n) is 8.04. The van der Waals surface area contributed by atoms with Crippen molar-refractivity contribution in [2.24, 2.45) is 0 Å². The van der Waals surface area contributed by atoms with Gasteiger partial charge in [-0.15, -0.1) is 11.6 Å². The first-order valence-corrected chi connectivity index (χ1v) is 8.47. The fourth-order valence-electron chi connectivity index (χ4n) is 2.80. The molecule has 0 aliphatic heterocycles. The van der Waals surface area contributed by atoms with E-state index in [9.17, 15) is 0 Å². The van der Waals surface area contributed by atoms with Gasteiger partial charge in [0.25, 0.3) is 0 Å². The minimum Gasteiger partial charge on any atom is -0.309 e. The van der Waals surface area contributed by atoms with E-state index < -0.39 is 0 Å². The summed E-state index contributed by atoms with van der Waals surface area (Å²) in [6, 6.07) is 4.44. The molecule has 0 spiro atoms. The van der Waals surface area contributed by atoms with E-state index in [4.69, 9.17) is 11.6 Å². The number of rotatable bonds is 7. The third kappa shape index (κ3) is 3.76. The molecule has 0 aromatic carbocycles. The summed E-state index contributed by atoms with van der Waals surface area (Å²) in [5, 5.41) is -0.0994. The van der Waals surface area contributed by atoms with Gasteiger partial charge in [0.2, 0.25) is 0 Å². The predicted octanol–water partition coefficient (Wildman–Crippen LogP) is 5.57. The van der Waals surface area contributed by atoms with Crippen LogP contribution in [0.3, 0.4) is 0 Å². The van der Waals surface area contributed by atoms with Crippen LogP contribution < -0.4 is 0 Å². The molecular formula is C17H26ClN3. The van der Waals surface area contributed by atoms with Gasteiger partial charge in [-0.25, -0.2) is 9.97 Å². The van der Waals surface area contributed by atoms with E-state index in [2.05, 4.69) is 28.4 Å². The molecule has 116 valence electrons. The Morgan fingerprint density at radius 3 is 2.57 bits per heavy atom. The van der Waals surface area contributed by atoms with Crippen LogP contribution in [0.25, 0.3) is 11.2 Å². The number of unbranched alkanes of at least 4 members (excludes halogenated alkanes) is 3. The molecule has 0 bridgehead atoms. The van der Waals surface area contributed by atoms with Gasteiger partial charge in [-0.05, 0) is 39.3 Å². The number of halogens is 1. The minimum absolute atomic E-state index is 0.0994. The molecule has 21 heavy (non-hydrogen) atoms. The number of alkyl halides is 1. The summed E-state index contributed by atoms with van der Waals surface area (Å²) >= 11 is 6.34. The van der Waals surface area contributed by atoms with Crippen LogP contribution in [0.1, 0.15) is 75.8 Å². The second-order valence-corrected chi connectivity index (χ2v) is 6.60. The summed E-state index contributed by atoms with van der Waals surface area (Å²) in [6.45, 7) is 8.50. The minimum atomic E-state index is -0.0994. The van der Waals surface area contributed by atoms with Gasteiger partial charge in [0.1, 0.15) is 11.3 Å². The Balaban J connectivity index is 2.30. The largest absolute Gasteiger partial charge is 0.309 e. The molecule has 2 atom stereocenters. The number of nitrogens with zero attached hydrogens (tertiary/aromatic N) is 3. The highest BCUT2D eigenvalue weighted by Crippen LogP contribution is 2.29. The predicted molar refractivity (Wildman–Crippen MR) is 90.0 cm³/mol. The summed E-state index contributed by atoms with van der Waals surface area (Å²) in [6.07, 6.45) is 6.28. The molecule has 0 saturated carbocycles. The highest BCUT2D eigenvalue weighted by molar-refractivity contribution is 6.20. The SMILES string of the molecule is CCCCCCC(C)n1c(C(C)Cl)nc2ccc(C)nc21. The van der Waals surface area contributed by atoms with Crippen molar-refractivity contribution < 1.29 is 0 Å². The number of imidazole rings is 1. The molecule has 0 saturated heterocycles. The first-order chi connectivity index (χ1) is 10.0. The molecular weight excluding hydrogens is 282 g/mol. The monoisotopic (exact) mass is 307 g/mol. The molecule has 4 heteroatoms. The summed E-state index contributed by atoms with van der Waals surface area (Å²) in [7, 11) is 0. The smallest absolute Gasteiger partial charge is 0.160 e. The maximum atomic E-state index is 6.34. The number of hydrogen-bond acceptors (Lipinski definition) is 2. The van der Waals surface area contributed by atoms with E-state index in [1.54, 1.807) is 0 Å². The number of aryl methyl sites for hydroxylation is 1. The van der Waals surface area contributed by atoms with Gasteiger partial charge in [0.05, 0.1) is 5.38 Å². The molecule has 0 aliphatic carbocycles. The summed E-state index contributed by atoms with van der Waals surface area (Å²) < 4.78 is 2.24. The van der Waals surface area contributed by atoms with Crippen LogP contribution in [-0.2, 0) is 0 Å². The van der Waals surface area contributed by atoms with Crippen molar-refractivity contribution in [2.45, 2.75) is 71.2 Å². The highest BCUT2D eigenvalue weighted by atomic mass is 35.5. The standard InChI is InChI=1S/C17H26ClN3/c1-5-6-7-8-9-13(3)21-16(14(4)18)20-15-11-10-12(2)19-17(15)21/h10-11,13-14H,5-9H2,1-4H3. The molecule has 2 unspecified atom stereocenters. The van der Waals surface area contributed by atoms with Crippen LogP contribution in [-0.4, -0.2) is 14.5 Å². The maximum absolute atomic E-state index is 6.34. The summed E-state index contributed by atoms with van der Waals surface area (Å²) in [5.74, 6) is 0.938. The van der Waals surface area contributed by atoms with Gasteiger partial charge in [0, 0.05) is 11.7 Å². The second kappa shape index (κ2) is 7.26. The molecule has 0 amide bonds. The lowest BCUT2D eigenvalue weighted by Crippen LogP contribution is -2.11. The zero-order valence-corrected chi connectivity index (χ0v) is 14.3. The van der Waals surface area contributed by atoms with Crippen molar-refractivity contribution in [2.75, 3.05) is 0 Å². The Bertz CT molecular complexity index is 589. The Kier molecular flexibility index (Phi) is 5.63. The molecule has 0 radical (unpaired) electrons. The van der Waals surface area contributed by atoms with Gasteiger partial charge in [-0.1, -0.05) is 32.6 Å². The average molecular weight is 308 g/mol. The molecule has 3 nitrogen and oxygen atoms in total. The Labute approximate surface area is 132 Å². The molecule has 2 rings (SSSR count). The number of pyridine rings is 1. The first kappa shape index (κ1) is 16.3. The molecule has 2 aromatic heterocycles. The van der Waals surface area contributed by atoms with Gasteiger partial charge < -0.3 is 4.57 Å². The molecule has 0 fully saturated rings. The van der Waals surface area contributed by atoms with E-state index in [-0.39, 0.29) is 5.38 Å². The topological polar surface area (TPSA) is 30.7 Å². The summed E-state index contributed by atoms with van der Waals surface area (Å²) in [5.41, 5.74) is 2.94. The van der Waals surface area contributed by atoms with Crippen molar-refractivity contribution >= 4 is 22.8 Å². The van der Waals surface area contributed by atoms with Crippen LogP contribution in [0.5, 0.6) is 0 Å². The van der Waals surface area contributed by atoms with Crippen LogP contribution >= 0.6 is 11.6 Å². The third-order valence-corrected chi connectivity index (χ3v) is 4.17. The summed E-state index contributed by atoms with van der Waals surface area (Å²) in [4.78, 5) is 9.37. The van der Waals surface area contributed by atoms with E-state index in [0.29, 0.717) is 6.04 Å². The molecule has 2 aromatic rings. The fourth-order valence-corrected chi connectivity index (χ4v) is 2.95. The average Bonchev–Trinajstić information content (AvgIpc) is 2.82. The Morgan fingerprint density at radius 2 is 1.90 bits per heavy atom. The lowest BCUT2D eigenvalue weighted by atomic mass is 10.1. The van der Waals surface area contributed by atoms with E-state index in [1.165, 1.54) is 25.7 Å². The molecule has 0 N–H and O–H groups in total. The quantitative estimate of drug-likeness (QED) is 0.494. The lowest BCUT2D eigenvalue weighted by molar-refractivity contribution is 0.466. The van der Waals surface area contributed by atoms with Gasteiger partial charge in [-0.2, -0.15) is 0 Å². The van der Waals surface area contributed by atoms with Crippen LogP contribution in [0.2, 0.25) is 0 Å². The normalized spacial score (nSPS) is 14.5. The van der Waals surface area contributed by atoms with Crippen molar-refractivity contribution in [3.8, 4) is 0 Å². The maximum Gasteiger partial charge on any atom is 0.160 e. The van der Waals surface area contributed by atoms with Gasteiger partial charge in [0.15, 0.2) is 5.65 Å². The molecule has 2 heterocycles. The van der Waals surface area contributed by atoms with Gasteiger partial charge >= 0.3 is 0 Å². The van der Waals surface area contributed by atoms with E-state index >= 15 is 0 Å². The van der Waals surface area contributed by atoms with Crippen LogP contribution in [0.15, 0.2) is 12.1 Å². The third-order valence-electron chi connectivity index (χ3n) is 3.98. The highest BCUT2D eigenvalue weighted by Gasteiger charge is 2.19. The van der Waals surface area contributed by atoms with Gasteiger partial charge in [-0.3, -0.25) is 0 Å². The Morgan fingerprint density at radius 1 is 1.14 bits per heavy atom. The Hall–Kier alpha value is -1.09.